The van der Waals surface area contributed by atoms with Gasteiger partial charge in [-0.25, -0.2) is 8.42 Å². The van der Waals surface area contributed by atoms with Gasteiger partial charge in [0.25, 0.3) is 0 Å². The molecule has 1 aliphatic rings. The van der Waals surface area contributed by atoms with Crippen molar-refractivity contribution in [2.75, 3.05) is 26.2 Å². The number of piperidine rings is 1. The van der Waals surface area contributed by atoms with Crippen LogP contribution in [-0.4, -0.2) is 50.1 Å². The maximum absolute atomic E-state index is 12.4. The highest BCUT2D eigenvalue weighted by Crippen LogP contribution is 2.21. The van der Waals surface area contributed by atoms with Crippen LogP contribution in [0.25, 0.3) is 0 Å². The summed E-state index contributed by atoms with van der Waals surface area (Å²) in [4.78, 5) is 4.12. The maximum atomic E-state index is 12.4. The first kappa shape index (κ1) is 15.4. The maximum Gasteiger partial charge on any atom is 0.244 e. The fourth-order valence-electron chi connectivity index (χ4n) is 2.22. The third-order valence-electron chi connectivity index (χ3n) is 3.38. The number of pyridine rings is 1. The van der Waals surface area contributed by atoms with E-state index >= 15 is 0 Å². The van der Waals surface area contributed by atoms with Gasteiger partial charge >= 0.3 is 0 Å². The topological polar surface area (TPSA) is 85.5 Å². The second kappa shape index (κ2) is 7.12. The van der Waals surface area contributed by atoms with Crippen LogP contribution in [0.3, 0.4) is 0 Å². The Bertz CT molecular complexity index is 499. The molecule has 0 atom stereocenters. The van der Waals surface area contributed by atoms with E-state index in [4.69, 9.17) is 10.5 Å². The van der Waals surface area contributed by atoms with Crippen molar-refractivity contribution in [1.29, 1.82) is 0 Å². The zero-order valence-corrected chi connectivity index (χ0v) is 12.3. The molecule has 7 heteroatoms. The standard InChI is InChI=1S/C13H21N3O3S/c14-6-2-10-19-12-4-8-16(9-5-12)20(17,18)13-3-1-7-15-11-13/h1,3,7,11-12H,2,4-6,8-10,14H2. The smallest absolute Gasteiger partial charge is 0.244 e. The van der Waals surface area contributed by atoms with Gasteiger partial charge in [0, 0.05) is 32.1 Å². The lowest BCUT2D eigenvalue weighted by molar-refractivity contribution is 0.0209. The Morgan fingerprint density at radius 2 is 2.15 bits per heavy atom. The molecule has 0 aromatic carbocycles. The predicted octanol–water partition coefficient (Wildman–Crippen LogP) is 0.600. The number of sulfonamides is 1. The summed E-state index contributed by atoms with van der Waals surface area (Å²) >= 11 is 0. The van der Waals surface area contributed by atoms with Gasteiger partial charge in [-0.05, 0) is 37.9 Å². The summed E-state index contributed by atoms with van der Waals surface area (Å²) in [6.45, 7) is 2.25. The molecule has 0 bridgehead atoms. The zero-order chi connectivity index (χ0) is 14.4. The molecule has 0 spiro atoms. The monoisotopic (exact) mass is 299 g/mol. The summed E-state index contributed by atoms with van der Waals surface area (Å²) in [6, 6.07) is 3.21. The number of nitrogens with two attached hydrogens (primary N) is 1. The summed E-state index contributed by atoms with van der Waals surface area (Å²) in [5, 5.41) is 0. The summed E-state index contributed by atoms with van der Waals surface area (Å²) in [5.74, 6) is 0. The van der Waals surface area contributed by atoms with Crippen molar-refractivity contribution >= 4 is 10.0 Å². The van der Waals surface area contributed by atoms with Crippen LogP contribution in [0.1, 0.15) is 19.3 Å². The van der Waals surface area contributed by atoms with Gasteiger partial charge in [0.15, 0.2) is 0 Å². The second-order valence-electron chi connectivity index (χ2n) is 4.81. The molecule has 1 aromatic rings. The van der Waals surface area contributed by atoms with Crippen molar-refractivity contribution in [3.8, 4) is 0 Å². The highest BCUT2D eigenvalue weighted by Gasteiger charge is 2.29. The summed E-state index contributed by atoms with van der Waals surface area (Å²) in [7, 11) is -3.42. The van der Waals surface area contributed by atoms with Crippen molar-refractivity contribution in [1.82, 2.24) is 9.29 Å². The first-order chi connectivity index (χ1) is 9.64. The van der Waals surface area contributed by atoms with Crippen molar-refractivity contribution in [2.24, 2.45) is 5.73 Å². The third-order valence-corrected chi connectivity index (χ3v) is 5.26. The van der Waals surface area contributed by atoms with E-state index in [9.17, 15) is 8.42 Å². The molecule has 2 heterocycles. The highest BCUT2D eigenvalue weighted by atomic mass is 32.2. The molecule has 1 saturated heterocycles. The average Bonchev–Trinajstić information content (AvgIpc) is 2.49. The van der Waals surface area contributed by atoms with E-state index in [0.29, 0.717) is 26.2 Å². The largest absolute Gasteiger partial charge is 0.378 e. The molecule has 0 saturated carbocycles. The minimum absolute atomic E-state index is 0.141. The van der Waals surface area contributed by atoms with Gasteiger partial charge in [-0.15, -0.1) is 0 Å². The lowest BCUT2D eigenvalue weighted by Crippen LogP contribution is -2.41. The lowest BCUT2D eigenvalue weighted by Gasteiger charge is -2.31. The molecule has 1 aromatic heterocycles. The Labute approximate surface area is 120 Å². The Morgan fingerprint density at radius 3 is 2.75 bits per heavy atom. The van der Waals surface area contributed by atoms with Gasteiger partial charge in [-0.3, -0.25) is 4.98 Å². The minimum atomic E-state index is -3.42. The van der Waals surface area contributed by atoms with Crippen molar-refractivity contribution in [2.45, 2.75) is 30.3 Å². The quantitative estimate of drug-likeness (QED) is 0.777. The molecule has 0 aliphatic carbocycles. The number of ether oxygens (including phenoxy) is 1. The van der Waals surface area contributed by atoms with Gasteiger partial charge in [-0.2, -0.15) is 4.31 Å². The van der Waals surface area contributed by atoms with Crippen LogP contribution >= 0.6 is 0 Å². The van der Waals surface area contributed by atoms with E-state index in [2.05, 4.69) is 4.98 Å². The summed E-state index contributed by atoms with van der Waals surface area (Å²) in [5.41, 5.74) is 5.41. The van der Waals surface area contributed by atoms with Crippen LogP contribution in [0.15, 0.2) is 29.4 Å². The van der Waals surface area contributed by atoms with Crippen LogP contribution in [-0.2, 0) is 14.8 Å². The fourth-order valence-corrected chi connectivity index (χ4v) is 3.66. The second-order valence-corrected chi connectivity index (χ2v) is 6.74. The van der Waals surface area contributed by atoms with E-state index in [-0.39, 0.29) is 11.0 Å². The minimum Gasteiger partial charge on any atom is -0.378 e. The Balaban J connectivity index is 1.90. The molecule has 0 radical (unpaired) electrons. The predicted molar refractivity (Wildman–Crippen MR) is 75.6 cm³/mol. The number of rotatable bonds is 6. The van der Waals surface area contributed by atoms with E-state index in [0.717, 1.165) is 19.3 Å². The normalized spacial score (nSPS) is 18.2. The molecule has 2 N–H and O–H groups in total. The highest BCUT2D eigenvalue weighted by molar-refractivity contribution is 7.89. The van der Waals surface area contributed by atoms with Crippen molar-refractivity contribution < 1.29 is 13.2 Å². The van der Waals surface area contributed by atoms with Gasteiger partial charge < -0.3 is 10.5 Å². The molecular formula is C13H21N3O3S. The van der Waals surface area contributed by atoms with Gasteiger partial charge in [0.1, 0.15) is 4.90 Å². The van der Waals surface area contributed by atoms with Gasteiger partial charge in [0.2, 0.25) is 10.0 Å². The zero-order valence-electron chi connectivity index (χ0n) is 11.4. The van der Waals surface area contributed by atoms with E-state index < -0.39 is 10.0 Å². The van der Waals surface area contributed by atoms with Crippen molar-refractivity contribution in [3.05, 3.63) is 24.5 Å². The van der Waals surface area contributed by atoms with Gasteiger partial charge in [-0.1, -0.05) is 0 Å². The molecule has 6 nitrogen and oxygen atoms in total. The Hall–Kier alpha value is -1.02. The number of nitrogens with zero attached hydrogens (tertiary/aromatic N) is 2. The molecule has 0 amide bonds. The number of hydrogen-bond acceptors (Lipinski definition) is 5. The number of hydrogen-bond donors (Lipinski definition) is 1. The van der Waals surface area contributed by atoms with Crippen LogP contribution in [0, 0.1) is 0 Å². The fraction of sp³-hybridized carbons (Fsp3) is 0.615. The molecule has 0 unspecified atom stereocenters. The molecule has 2 rings (SSSR count). The van der Waals surface area contributed by atoms with Crippen LogP contribution in [0.2, 0.25) is 0 Å². The average molecular weight is 299 g/mol. The van der Waals surface area contributed by atoms with Gasteiger partial charge in [0.05, 0.1) is 6.10 Å². The Kier molecular flexibility index (Phi) is 5.47. The van der Waals surface area contributed by atoms with E-state index in [1.165, 1.54) is 10.5 Å². The van der Waals surface area contributed by atoms with Crippen molar-refractivity contribution in [3.63, 3.8) is 0 Å². The number of aromatic nitrogens is 1. The first-order valence-corrected chi connectivity index (χ1v) is 8.30. The molecule has 1 aliphatic heterocycles. The van der Waals surface area contributed by atoms with E-state index in [1.54, 1.807) is 18.3 Å². The van der Waals surface area contributed by atoms with Crippen LogP contribution < -0.4 is 5.73 Å². The third kappa shape index (κ3) is 3.76. The summed E-state index contributed by atoms with van der Waals surface area (Å²) in [6.07, 6.45) is 5.39. The molecule has 112 valence electrons. The SMILES string of the molecule is NCCCOC1CCN(S(=O)(=O)c2cccnc2)CC1. The molecular weight excluding hydrogens is 278 g/mol. The first-order valence-electron chi connectivity index (χ1n) is 6.86. The lowest BCUT2D eigenvalue weighted by atomic mass is 10.1. The summed E-state index contributed by atoms with van der Waals surface area (Å²) < 4.78 is 31.9. The molecule has 20 heavy (non-hydrogen) atoms. The van der Waals surface area contributed by atoms with Crippen LogP contribution in [0.5, 0.6) is 0 Å². The molecule has 1 fully saturated rings. The van der Waals surface area contributed by atoms with Crippen LogP contribution in [0.4, 0.5) is 0 Å². The Morgan fingerprint density at radius 1 is 1.40 bits per heavy atom. The van der Waals surface area contributed by atoms with E-state index in [1.807, 2.05) is 0 Å².